The number of carbonyl (C=O) groups is 2. The van der Waals surface area contributed by atoms with E-state index in [0.29, 0.717) is 32.0 Å². The topological polar surface area (TPSA) is 155 Å². The summed E-state index contributed by atoms with van der Waals surface area (Å²) in [5, 5.41) is 23.6. The molecule has 0 saturated carbocycles. The zero-order chi connectivity index (χ0) is 28.7. The second-order valence-electron chi connectivity index (χ2n) is 9.25. The highest BCUT2D eigenvalue weighted by atomic mass is 16.6. The van der Waals surface area contributed by atoms with Gasteiger partial charge in [-0.15, -0.1) is 0 Å². The van der Waals surface area contributed by atoms with Crippen molar-refractivity contribution in [2.45, 2.75) is 38.8 Å². The highest BCUT2D eigenvalue weighted by molar-refractivity contribution is 6.03. The van der Waals surface area contributed by atoms with Crippen LogP contribution in [0.2, 0.25) is 0 Å². The molecule has 2 aromatic rings. The Labute approximate surface area is 225 Å². The number of hydrogen-bond acceptors (Lipinski definition) is 11. The Morgan fingerprint density at radius 1 is 0.872 bits per heavy atom. The Hall–Kier alpha value is -4.10. The molecule has 13 heteroatoms. The molecule has 2 unspecified atom stereocenters. The van der Waals surface area contributed by atoms with Crippen molar-refractivity contribution >= 4 is 34.7 Å². The van der Waals surface area contributed by atoms with Gasteiger partial charge in [0.15, 0.2) is 0 Å². The molecule has 0 amide bonds. The molecule has 0 aromatic heterocycles. The number of benzene rings is 2. The Morgan fingerprint density at radius 3 is 1.85 bits per heavy atom. The van der Waals surface area contributed by atoms with Gasteiger partial charge < -0.3 is 24.0 Å². The van der Waals surface area contributed by atoms with Gasteiger partial charge in [-0.3, -0.25) is 20.2 Å². The molecule has 1 heterocycles. The monoisotopic (exact) mass is 544 g/mol. The van der Waals surface area contributed by atoms with Gasteiger partial charge in [-0.25, -0.2) is 9.59 Å². The summed E-state index contributed by atoms with van der Waals surface area (Å²) < 4.78 is 15.1. The van der Waals surface area contributed by atoms with Crippen LogP contribution in [0, 0.1) is 20.2 Å². The second-order valence-corrected chi connectivity index (χ2v) is 9.25. The molecule has 39 heavy (non-hydrogen) atoms. The molecule has 0 radical (unpaired) electrons. The third kappa shape index (κ3) is 6.86. The van der Waals surface area contributed by atoms with Crippen molar-refractivity contribution in [3.63, 3.8) is 0 Å². The minimum Gasteiger partial charge on any atom is -0.386 e. The van der Waals surface area contributed by atoms with Gasteiger partial charge in [0.05, 0.1) is 34.2 Å². The summed E-state index contributed by atoms with van der Waals surface area (Å²) in [5.41, 5.74) is -0.410. The quantitative estimate of drug-likeness (QED) is 0.165. The summed E-state index contributed by atoms with van der Waals surface area (Å²) in [6.07, 6.45) is 1.77. The molecular formula is C26H32N4O9. The van der Waals surface area contributed by atoms with E-state index in [2.05, 4.69) is 0 Å². The Kier molecular flexibility index (Phi) is 9.90. The first kappa shape index (κ1) is 29.5. The molecule has 13 nitrogen and oxygen atoms in total. The number of nitrogens with zero attached hydrogens (tertiary/aromatic N) is 4. The van der Waals surface area contributed by atoms with Gasteiger partial charge in [-0.05, 0) is 51.0 Å². The molecule has 1 fully saturated rings. The number of rotatable bonds is 12. The molecule has 0 spiro atoms. The number of anilines is 2. The molecular weight excluding hydrogens is 512 g/mol. The van der Waals surface area contributed by atoms with Gasteiger partial charge in [-0.2, -0.15) is 0 Å². The fraction of sp³-hybridized carbons (Fsp3) is 0.462. The molecule has 0 N–H and O–H groups in total. The van der Waals surface area contributed by atoms with Gasteiger partial charge in [0.25, 0.3) is 11.4 Å². The molecule has 0 bridgehead atoms. The second kappa shape index (κ2) is 13.1. The summed E-state index contributed by atoms with van der Waals surface area (Å²) in [5.74, 6) is -2.23. The van der Waals surface area contributed by atoms with Crippen molar-refractivity contribution in [2.24, 2.45) is 0 Å². The predicted molar refractivity (Wildman–Crippen MR) is 143 cm³/mol. The lowest BCUT2D eigenvalue weighted by atomic mass is 10.1. The average Bonchev–Trinajstić information content (AvgIpc) is 3.25. The minimum atomic E-state index is -1.12. The van der Waals surface area contributed by atoms with Crippen LogP contribution in [-0.2, 0) is 14.2 Å². The van der Waals surface area contributed by atoms with Crippen LogP contribution in [0.3, 0.4) is 0 Å². The third-order valence-electron chi connectivity index (χ3n) is 6.70. The van der Waals surface area contributed by atoms with Crippen LogP contribution in [0.15, 0.2) is 36.4 Å². The molecule has 1 aliphatic rings. The van der Waals surface area contributed by atoms with E-state index < -0.39 is 21.8 Å². The summed E-state index contributed by atoms with van der Waals surface area (Å²) in [4.78, 5) is 51.5. The van der Waals surface area contributed by atoms with Gasteiger partial charge in [0.2, 0.25) is 0 Å². The van der Waals surface area contributed by atoms with Crippen LogP contribution in [-0.4, -0.2) is 74.4 Å². The van der Waals surface area contributed by atoms with E-state index in [1.54, 1.807) is 4.90 Å². The zero-order valence-corrected chi connectivity index (χ0v) is 22.3. The smallest absolute Gasteiger partial charge is 0.346 e. The van der Waals surface area contributed by atoms with Crippen molar-refractivity contribution in [1.29, 1.82) is 0 Å². The fourth-order valence-corrected chi connectivity index (χ4v) is 4.71. The molecule has 0 aliphatic carbocycles. The summed E-state index contributed by atoms with van der Waals surface area (Å²) >= 11 is 0. The van der Waals surface area contributed by atoms with Crippen LogP contribution in [0.4, 0.5) is 22.7 Å². The first-order valence-corrected chi connectivity index (χ1v) is 12.4. The standard InChI is InChI=1S/C26H32N4O9/c1-17-5-6-18(2)28(17)22-10-8-20(16-24(22)30(35)36)26(32)39-25(31)19-7-9-21(23(15-19)29(33)34)27(11-13-37-3)12-14-38-4/h7-10,15-18H,5-6,11-14H2,1-4H3. The largest absolute Gasteiger partial charge is 0.386 e. The first-order chi connectivity index (χ1) is 18.6. The highest BCUT2D eigenvalue weighted by Gasteiger charge is 2.33. The maximum absolute atomic E-state index is 12.7. The fourth-order valence-electron chi connectivity index (χ4n) is 4.71. The Balaban J connectivity index is 1.84. The van der Waals surface area contributed by atoms with Crippen molar-refractivity contribution in [1.82, 2.24) is 0 Å². The van der Waals surface area contributed by atoms with E-state index in [4.69, 9.17) is 14.2 Å². The Morgan fingerprint density at radius 2 is 1.36 bits per heavy atom. The van der Waals surface area contributed by atoms with E-state index in [1.165, 1.54) is 38.5 Å². The number of methoxy groups -OCH3 is 2. The number of hydrogen-bond donors (Lipinski definition) is 0. The maximum atomic E-state index is 12.7. The van der Waals surface area contributed by atoms with Crippen LogP contribution >= 0.6 is 0 Å². The van der Waals surface area contributed by atoms with Crippen molar-refractivity contribution in [3.8, 4) is 0 Å². The normalized spacial score (nSPS) is 16.7. The average molecular weight is 545 g/mol. The van der Waals surface area contributed by atoms with Gasteiger partial charge in [0, 0.05) is 51.5 Å². The lowest BCUT2D eigenvalue weighted by molar-refractivity contribution is -0.384. The van der Waals surface area contributed by atoms with E-state index in [-0.39, 0.29) is 40.3 Å². The predicted octanol–water partition coefficient (Wildman–Crippen LogP) is 3.98. The number of carbonyl (C=O) groups excluding carboxylic acids is 2. The number of nitro groups is 2. The molecule has 3 rings (SSSR count). The molecule has 1 aliphatic heterocycles. The van der Waals surface area contributed by atoms with Gasteiger partial charge in [-0.1, -0.05) is 0 Å². The third-order valence-corrected chi connectivity index (χ3v) is 6.70. The molecule has 1 saturated heterocycles. The molecule has 2 atom stereocenters. The summed E-state index contributed by atoms with van der Waals surface area (Å²) in [6, 6.07) is 7.84. The van der Waals surface area contributed by atoms with Crippen molar-refractivity contribution in [3.05, 3.63) is 67.8 Å². The van der Waals surface area contributed by atoms with E-state index >= 15 is 0 Å². The summed E-state index contributed by atoms with van der Waals surface area (Å²) in [7, 11) is 3.02. The molecule has 210 valence electrons. The zero-order valence-electron chi connectivity index (χ0n) is 22.3. The van der Waals surface area contributed by atoms with Crippen LogP contribution in [0.1, 0.15) is 47.4 Å². The van der Waals surface area contributed by atoms with E-state index in [9.17, 15) is 29.8 Å². The van der Waals surface area contributed by atoms with Gasteiger partial charge >= 0.3 is 11.9 Å². The van der Waals surface area contributed by atoms with E-state index in [0.717, 1.165) is 25.0 Å². The van der Waals surface area contributed by atoms with Crippen molar-refractivity contribution in [2.75, 3.05) is 50.3 Å². The SMILES string of the molecule is COCCN(CCOC)c1ccc(C(=O)OC(=O)c2ccc(N3C(C)CCC3C)c([N+](=O)[O-])c2)cc1[N+](=O)[O-]. The summed E-state index contributed by atoms with van der Waals surface area (Å²) in [6.45, 7) is 5.25. The first-order valence-electron chi connectivity index (χ1n) is 12.4. The number of esters is 2. The van der Waals surface area contributed by atoms with Gasteiger partial charge in [0.1, 0.15) is 11.4 Å². The Bertz CT molecular complexity index is 1220. The number of ether oxygens (including phenoxy) is 3. The van der Waals surface area contributed by atoms with Crippen LogP contribution < -0.4 is 9.80 Å². The minimum absolute atomic E-state index is 0.0942. The van der Waals surface area contributed by atoms with Crippen LogP contribution in [0.5, 0.6) is 0 Å². The van der Waals surface area contributed by atoms with Crippen LogP contribution in [0.25, 0.3) is 0 Å². The maximum Gasteiger partial charge on any atom is 0.346 e. The lowest BCUT2D eigenvalue weighted by Gasteiger charge is -2.28. The van der Waals surface area contributed by atoms with Crippen molar-refractivity contribution < 1.29 is 33.6 Å². The number of nitro benzene ring substituents is 2. The molecule has 2 aromatic carbocycles. The van der Waals surface area contributed by atoms with E-state index in [1.807, 2.05) is 18.7 Å². The highest BCUT2D eigenvalue weighted by Crippen LogP contribution is 2.37. The lowest BCUT2D eigenvalue weighted by Crippen LogP contribution is -2.33.